The molecule has 2 aromatic carbocycles. The molecule has 0 aromatic heterocycles. The van der Waals surface area contributed by atoms with Crippen LogP contribution < -0.4 is 5.43 Å². The Morgan fingerprint density at radius 3 is 2.25 bits per heavy atom. The number of hydrogen-bond acceptors (Lipinski definition) is 2. The average Bonchev–Trinajstić information content (AvgIpc) is 3.22. The fraction of sp³-hybridized carbons (Fsp3) is 0.217. The van der Waals surface area contributed by atoms with Crippen molar-refractivity contribution in [3.8, 4) is 0 Å². The third-order valence-corrected chi connectivity index (χ3v) is 5.34. The molecule has 0 bridgehead atoms. The van der Waals surface area contributed by atoms with E-state index in [1.54, 1.807) is 6.08 Å². The minimum Gasteiger partial charge on any atom is -0.273 e. The first kappa shape index (κ1) is 20.4. The van der Waals surface area contributed by atoms with Gasteiger partial charge in [-0.2, -0.15) is 5.10 Å². The number of hydrazone groups is 1. The first-order valence-corrected chi connectivity index (χ1v) is 9.84. The number of allylic oxidation sites excluding steroid dienone is 2. The molecule has 2 unspecified atom stereocenters. The van der Waals surface area contributed by atoms with Gasteiger partial charge in [-0.3, -0.25) is 4.79 Å². The third-order valence-electron chi connectivity index (χ3n) is 5.09. The van der Waals surface area contributed by atoms with Gasteiger partial charge in [-0.1, -0.05) is 104 Å². The van der Waals surface area contributed by atoms with Gasteiger partial charge in [-0.25, -0.2) is 5.43 Å². The Labute approximate surface area is 175 Å². The van der Waals surface area contributed by atoms with Crippen LogP contribution in [0.15, 0.2) is 82.4 Å². The highest BCUT2D eigenvalue weighted by Gasteiger charge is 2.60. The van der Waals surface area contributed by atoms with Crippen molar-refractivity contribution in [2.75, 3.05) is 0 Å². The van der Waals surface area contributed by atoms with E-state index in [0.717, 1.165) is 11.1 Å². The minimum absolute atomic E-state index is 0.00716. The zero-order chi connectivity index (χ0) is 20.1. The molecule has 1 aliphatic carbocycles. The zero-order valence-corrected chi connectivity index (χ0v) is 17.3. The number of carbonyl (C=O) groups is 1. The molecule has 144 valence electrons. The molecule has 5 heteroatoms. The van der Waals surface area contributed by atoms with Crippen molar-refractivity contribution in [1.29, 1.82) is 0 Å². The molecule has 28 heavy (non-hydrogen) atoms. The lowest BCUT2D eigenvalue weighted by atomic mass is 10.1. The number of halogens is 2. The van der Waals surface area contributed by atoms with E-state index >= 15 is 0 Å². The molecule has 1 saturated carbocycles. The molecule has 1 N–H and O–H groups in total. The summed E-state index contributed by atoms with van der Waals surface area (Å²) in [5.74, 6) is -0.339. The summed E-state index contributed by atoms with van der Waals surface area (Å²) in [6.07, 6.45) is 5.60. The van der Waals surface area contributed by atoms with Crippen LogP contribution in [0, 0.1) is 17.3 Å². The van der Waals surface area contributed by atoms with Crippen LogP contribution in [0.25, 0.3) is 6.08 Å². The Morgan fingerprint density at radius 2 is 1.64 bits per heavy atom. The van der Waals surface area contributed by atoms with E-state index in [9.17, 15) is 4.79 Å². The summed E-state index contributed by atoms with van der Waals surface area (Å²) in [4.78, 5) is 12.7. The summed E-state index contributed by atoms with van der Waals surface area (Å²) in [5, 5.41) is 4.39. The number of carbonyl (C=O) groups excluding carboxylic acids is 1. The predicted molar refractivity (Wildman–Crippen MR) is 117 cm³/mol. The first-order valence-electron chi connectivity index (χ1n) is 9.08. The number of hydrogen-bond donors (Lipinski definition) is 1. The zero-order valence-electron chi connectivity index (χ0n) is 15.8. The van der Waals surface area contributed by atoms with E-state index in [-0.39, 0.29) is 27.6 Å². The first-order chi connectivity index (χ1) is 13.4. The smallest absolute Gasteiger partial charge is 0.244 e. The van der Waals surface area contributed by atoms with Crippen LogP contribution in [0.1, 0.15) is 25.0 Å². The van der Waals surface area contributed by atoms with Gasteiger partial charge in [0, 0.05) is 5.56 Å². The van der Waals surface area contributed by atoms with Crippen LogP contribution in [0.4, 0.5) is 0 Å². The lowest BCUT2D eigenvalue weighted by molar-refractivity contribution is -0.123. The Kier molecular flexibility index (Phi) is 6.38. The van der Waals surface area contributed by atoms with Gasteiger partial charge in [-0.05, 0) is 29.0 Å². The minimum atomic E-state index is -0.209. The van der Waals surface area contributed by atoms with Crippen molar-refractivity contribution in [3.05, 3.63) is 88.4 Å². The summed E-state index contributed by atoms with van der Waals surface area (Å²) in [5.41, 5.74) is 5.19. The van der Waals surface area contributed by atoms with Gasteiger partial charge < -0.3 is 0 Å². The standard InChI is InChI=1S/C23H22Cl2N2O/c1-23(2)18(15-20(24)25)21(23)22(28)27-26-19(17-11-7-4-8-12-17)14-13-16-9-5-3-6-10-16/h3-15,18,21H,1-2H3,(H,27,28)/b14-13-,26-19-. The molecule has 0 saturated heterocycles. The second-order valence-corrected chi connectivity index (χ2v) is 8.37. The van der Waals surface area contributed by atoms with Gasteiger partial charge in [0.15, 0.2) is 0 Å². The molecule has 1 aliphatic rings. The third kappa shape index (κ3) is 4.92. The molecule has 1 fully saturated rings. The number of nitrogens with one attached hydrogen (secondary N) is 1. The van der Waals surface area contributed by atoms with E-state index in [1.165, 1.54) is 0 Å². The molecular formula is C23H22Cl2N2O. The Morgan fingerprint density at radius 1 is 1.04 bits per heavy atom. The highest BCUT2D eigenvalue weighted by molar-refractivity contribution is 6.55. The molecule has 0 heterocycles. The number of rotatable bonds is 6. The predicted octanol–water partition coefficient (Wildman–Crippen LogP) is 5.81. The van der Waals surface area contributed by atoms with E-state index in [2.05, 4.69) is 10.5 Å². The van der Waals surface area contributed by atoms with Crippen molar-refractivity contribution in [2.45, 2.75) is 13.8 Å². The normalized spacial score (nSPS) is 20.6. The van der Waals surface area contributed by atoms with E-state index in [4.69, 9.17) is 23.2 Å². The molecule has 2 aromatic rings. The maximum atomic E-state index is 12.7. The SMILES string of the molecule is CC1(C)C(C=C(Cl)Cl)C1C(=O)N/N=C(/C=C\c1ccccc1)c1ccccc1. The monoisotopic (exact) mass is 412 g/mol. The van der Waals surface area contributed by atoms with Crippen LogP contribution in [0.3, 0.4) is 0 Å². The van der Waals surface area contributed by atoms with Crippen molar-refractivity contribution >= 4 is 40.9 Å². The Hall–Kier alpha value is -2.36. The summed E-state index contributed by atoms with van der Waals surface area (Å²) in [7, 11) is 0. The summed E-state index contributed by atoms with van der Waals surface area (Å²) < 4.78 is 0.188. The molecule has 0 aliphatic heterocycles. The van der Waals surface area contributed by atoms with Crippen molar-refractivity contribution in [1.82, 2.24) is 5.43 Å². The van der Waals surface area contributed by atoms with Gasteiger partial charge in [0.2, 0.25) is 5.91 Å². The quantitative estimate of drug-likeness (QED) is 0.471. The van der Waals surface area contributed by atoms with Crippen LogP contribution in [-0.4, -0.2) is 11.6 Å². The van der Waals surface area contributed by atoms with Crippen molar-refractivity contribution < 1.29 is 4.79 Å². The summed E-state index contributed by atoms with van der Waals surface area (Å²) in [6.45, 7) is 4.04. The van der Waals surface area contributed by atoms with Gasteiger partial charge >= 0.3 is 0 Å². The molecule has 2 atom stereocenters. The Balaban J connectivity index is 1.79. The average molecular weight is 413 g/mol. The van der Waals surface area contributed by atoms with Gasteiger partial charge in [0.25, 0.3) is 0 Å². The van der Waals surface area contributed by atoms with Crippen LogP contribution in [0.5, 0.6) is 0 Å². The van der Waals surface area contributed by atoms with E-state index in [1.807, 2.05) is 86.7 Å². The number of nitrogens with zero attached hydrogens (tertiary/aromatic N) is 1. The highest BCUT2D eigenvalue weighted by atomic mass is 35.5. The van der Waals surface area contributed by atoms with Crippen LogP contribution in [0.2, 0.25) is 0 Å². The van der Waals surface area contributed by atoms with Gasteiger partial charge in [0.1, 0.15) is 4.49 Å². The maximum absolute atomic E-state index is 12.7. The molecule has 3 nitrogen and oxygen atoms in total. The summed E-state index contributed by atoms with van der Waals surface area (Å²) >= 11 is 11.6. The topological polar surface area (TPSA) is 41.5 Å². The molecule has 1 amide bonds. The number of amides is 1. The van der Waals surface area contributed by atoms with Crippen molar-refractivity contribution in [3.63, 3.8) is 0 Å². The van der Waals surface area contributed by atoms with Gasteiger partial charge in [0.05, 0.1) is 11.6 Å². The van der Waals surface area contributed by atoms with Crippen LogP contribution >= 0.6 is 23.2 Å². The van der Waals surface area contributed by atoms with E-state index < -0.39 is 0 Å². The molecular weight excluding hydrogens is 391 g/mol. The maximum Gasteiger partial charge on any atom is 0.244 e. The molecule has 0 spiro atoms. The number of benzene rings is 2. The lowest BCUT2D eigenvalue weighted by Gasteiger charge is -2.05. The second-order valence-electron chi connectivity index (χ2n) is 7.36. The Bertz CT molecular complexity index is 914. The van der Waals surface area contributed by atoms with Gasteiger partial charge in [-0.15, -0.1) is 0 Å². The molecule has 3 rings (SSSR count). The highest BCUT2D eigenvalue weighted by Crippen LogP contribution is 2.59. The van der Waals surface area contributed by atoms with Crippen LogP contribution in [-0.2, 0) is 4.79 Å². The second kappa shape index (κ2) is 8.76. The lowest BCUT2D eigenvalue weighted by Crippen LogP contribution is -2.23. The van der Waals surface area contributed by atoms with Crippen molar-refractivity contribution in [2.24, 2.45) is 22.4 Å². The molecule has 0 radical (unpaired) electrons. The largest absolute Gasteiger partial charge is 0.273 e. The fourth-order valence-electron chi connectivity index (χ4n) is 3.36. The fourth-order valence-corrected chi connectivity index (χ4v) is 3.63. The van der Waals surface area contributed by atoms with E-state index in [0.29, 0.717) is 5.71 Å². The summed E-state index contributed by atoms with van der Waals surface area (Å²) in [6, 6.07) is 19.7.